The molecule has 1 unspecified atom stereocenters. The summed E-state index contributed by atoms with van der Waals surface area (Å²) in [7, 11) is 3.18. The van der Waals surface area contributed by atoms with Gasteiger partial charge >= 0.3 is 6.03 Å². The monoisotopic (exact) mass is 324 g/mol. The van der Waals surface area contributed by atoms with Crippen molar-refractivity contribution in [2.24, 2.45) is 0 Å². The van der Waals surface area contributed by atoms with Gasteiger partial charge in [0.2, 0.25) is 0 Å². The average Bonchev–Trinajstić information content (AvgIpc) is 2.61. The molecule has 2 N–H and O–H groups in total. The molecule has 0 fully saturated rings. The Hall–Kier alpha value is -3.13. The second-order valence-electron chi connectivity index (χ2n) is 5.15. The number of hydrogen-bond donors (Lipinski definition) is 2. The van der Waals surface area contributed by atoms with E-state index in [-0.39, 0.29) is 12.1 Å². The van der Waals surface area contributed by atoms with E-state index in [1.165, 1.54) is 0 Å². The van der Waals surface area contributed by atoms with Gasteiger partial charge in [-0.3, -0.25) is 0 Å². The van der Waals surface area contributed by atoms with Gasteiger partial charge in [0.15, 0.2) is 0 Å². The molecule has 5 heteroatoms. The first-order chi connectivity index (χ1) is 11.6. The normalized spacial score (nSPS) is 11.1. The van der Waals surface area contributed by atoms with E-state index in [4.69, 9.17) is 15.9 Å². The van der Waals surface area contributed by atoms with Gasteiger partial charge in [0.05, 0.1) is 20.3 Å². The van der Waals surface area contributed by atoms with Crippen molar-refractivity contribution < 1.29 is 14.3 Å². The Morgan fingerprint density at radius 3 is 2.62 bits per heavy atom. The molecule has 2 rings (SSSR count). The molecule has 0 aromatic heterocycles. The summed E-state index contributed by atoms with van der Waals surface area (Å²) in [6, 6.07) is 11.9. The van der Waals surface area contributed by atoms with Crippen LogP contribution in [0.4, 0.5) is 10.5 Å². The fourth-order valence-electron chi connectivity index (χ4n) is 2.31. The van der Waals surface area contributed by atoms with Crippen LogP contribution < -0.4 is 20.1 Å². The minimum Gasteiger partial charge on any atom is -0.497 e. The predicted octanol–water partition coefficient (Wildman–Crippen LogP) is 3.57. The van der Waals surface area contributed by atoms with Crippen LogP contribution in [-0.4, -0.2) is 20.3 Å². The second-order valence-corrected chi connectivity index (χ2v) is 5.15. The minimum absolute atomic E-state index is 0.272. The molecule has 124 valence electrons. The van der Waals surface area contributed by atoms with Crippen molar-refractivity contribution >= 4 is 11.7 Å². The summed E-state index contributed by atoms with van der Waals surface area (Å²) in [4.78, 5) is 12.2. The molecular weight excluding hydrogens is 304 g/mol. The lowest BCUT2D eigenvalue weighted by atomic mass is 10.1. The average molecular weight is 324 g/mol. The van der Waals surface area contributed by atoms with E-state index < -0.39 is 0 Å². The Morgan fingerprint density at radius 2 is 1.96 bits per heavy atom. The fourth-order valence-corrected chi connectivity index (χ4v) is 2.31. The standard InChI is InChI=1S/C19H20N2O3/c1-5-14-7-6-8-15(11-14)21-19(22)20-13(2)17-12-16(23-3)9-10-18(17)24-4/h1,6-13H,2-4H3,(H2,20,21,22). The number of terminal acetylenes is 1. The molecule has 1 atom stereocenters. The van der Waals surface area contributed by atoms with Gasteiger partial charge < -0.3 is 20.1 Å². The summed E-state index contributed by atoms with van der Waals surface area (Å²) < 4.78 is 10.6. The Morgan fingerprint density at radius 1 is 1.17 bits per heavy atom. The predicted molar refractivity (Wildman–Crippen MR) is 94.5 cm³/mol. The largest absolute Gasteiger partial charge is 0.497 e. The number of benzene rings is 2. The van der Waals surface area contributed by atoms with Gasteiger partial charge in [-0.2, -0.15) is 0 Å². The van der Waals surface area contributed by atoms with E-state index >= 15 is 0 Å². The van der Waals surface area contributed by atoms with Crippen molar-refractivity contribution in [1.82, 2.24) is 5.32 Å². The van der Waals surface area contributed by atoms with Crippen LogP contribution in [0.15, 0.2) is 42.5 Å². The third-order valence-electron chi connectivity index (χ3n) is 3.54. The van der Waals surface area contributed by atoms with E-state index in [0.29, 0.717) is 22.7 Å². The van der Waals surface area contributed by atoms with Crippen molar-refractivity contribution in [1.29, 1.82) is 0 Å². The molecule has 0 saturated heterocycles. The third-order valence-corrected chi connectivity index (χ3v) is 3.54. The summed E-state index contributed by atoms with van der Waals surface area (Å²) in [5, 5.41) is 5.64. The van der Waals surface area contributed by atoms with Crippen LogP contribution in [-0.2, 0) is 0 Å². The molecular formula is C19H20N2O3. The summed E-state index contributed by atoms with van der Waals surface area (Å²) in [5.74, 6) is 3.91. The molecule has 0 radical (unpaired) electrons. The van der Waals surface area contributed by atoms with Crippen LogP contribution in [0.2, 0.25) is 0 Å². The van der Waals surface area contributed by atoms with Gasteiger partial charge in [-0.15, -0.1) is 6.42 Å². The molecule has 5 nitrogen and oxygen atoms in total. The second kappa shape index (κ2) is 7.93. The Balaban J connectivity index is 2.10. The first-order valence-electron chi connectivity index (χ1n) is 7.43. The topological polar surface area (TPSA) is 59.6 Å². The number of urea groups is 1. The van der Waals surface area contributed by atoms with Gasteiger partial charge in [-0.05, 0) is 43.3 Å². The van der Waals surface area contributed by atoms with Gasteiger partial charge in [0.25, 0.3) is 0 Å². The molecule has 2 amide bonds. The molecule has 0 aliphatic heterocycles. The third kappa shape index (κ3) is 4.20. The summed E-state index contributed by atoms with van der Waals surface area (Å²) in [6.07, 6.45) is 5.36. The maximum absolute atomic E-state index is 12.2. The van der Waals surface area contributed by atoms with E-state index in [1.807, 2.05) is 13.0 Å². The first-order valence-corrected chi connectivity index (χ1v) is 7.43. The summed E-state index contributed by atoms with van der Waals surface area (Å²) in [5.41, 5.74) is 2.16. The lowest BCUT2D eigenvalue weighted by Crippen LogP contribution is -2.31. The van der Waals surface area contributed by atoms with Crippen LogP contribution in [0, 0.1) is 12.3 Å². The molecule has 0 spiro atoms. The van der Waals surface area contributed by atoms with Crippen LogP contribution >= 0.6 is 0 Å². The number of amides is 2. The maximum Gasteiger partial charge on any atom is 0.319 e. The highest BCUT2D eigenvalue weighted by molar-refractivity contribution is 5.89. The summed E-state index contributed by atoms with van der Waals surface area (Å²) >= 11 is 0. The van der Waals surface area contributed by atoms with Crippen molar-refractivity contribution in [2.45, 2.75) is 13.0 Å². The molecule has 0 bridgehead atoms. The van der Waals surface area contributed by atoms with E-state index in [1.54, 1.807) is 50.6 Å². The van der Waals surface area contributed by atoms with E-state index in [9.17, 15) is 4.79 Å². The lowest BCUT2D eigenvalue weighted by Gasteiger charge is -2.18. The van der Waals surface area contributed by atoms with E-state index in [0.717, 1.165) is 5.56 Å². The minimum atomic E-state index is -0.332. The lowest BCUT2D eigenvalue weighted by molar-refractivity contribution is 0.249. The molecule has 0 aliphatic carbocycles. The SMILES string of the molecule is C#Cc1cccc(NC(=O)NC(C)c2cc(OC)ccc2OC)c1. The molecule has 2 aromatic rings. The number of anilines is 1. The van der Waals surface area contributed by atoms with Crippen LogP contribution in [0.3, 0.4) is 0 Å². The summed E-state index contributed by atoms with van der Waals surface area (Å²) in [6.45, 7) is 1.87. The number of carbonyl (C=O) groups excluding carboxylic acids is 1. The van der Waals surface area contributed by atoms with Crippen molar-refractivity contribution in [3.05, 3.63) is 53.6 Å². The Labute approximate surface area is 142 Å². The fraction of sp³-hybridized carbons (Fsp3) is 0.211. The highest BCUT2D eigenvalue weighted by Crippen LogP contribution is 2.29. The Bertz CT molecular complexity index is 765. The van der Waals surface area contributed by atoms with Gasteiger partial charge in [-0.25, -0.2) is 4.79 Å². The molecule has 0 heterocycles. The number of ether oxygens (including phenoxy) is 2. The number of methoxy groups -OCH3 is 2. The van der Waals surface area contributed by atoms with Crippen LogP contribution in [0.25, 0.3) is 0 Å². The van der Waals surface area contributed by atoms with Gasteiger partial charge in [-0.1, -0.05) is 12.0 Å². The highest BCUT2D eigenvalue weighted by atomic mass is 16.5. The number of rotatable bonds is 5. The first kappa shape index (κ1) is 17.2. The molecule has 24 heavy (non-hydrogen) atoms. The maximum atomic E-state index is 12.2. The van der Waals surface area contributed by atoms with Crippen molar-refractivity contribution in [2.75, 3.05) is 19.5 Å². The van der Waals surface area contributed by atoms with Crippen LogP contribution in [0.5, 0.6) is 11.5 Å². The number of nitrogens with one attached hydrogen (secondary N) is 2. The quantitative estimate of drug-likeness (QED) is 0.827. The van der Waals surface area contributed by atoms with Crippen molar-refractivity contribution in [3.8, 4) is 23.8 Å². The molecule has 0 aliphatic rings. The Kier molecular flexibility index (Phi) is 5.69. The zero-order chi connectivity index (χ0) is 17.5. The van der Waals surface area contributed by atoms with Gasteiger partial charge in [0.1, 0.15) is 11.5 Å². The van der Waals surface area contributed by atoms with Crippen LogP contribution in [0.1, 0.15) is 24.1 Å². The zero-order valence-corrected chi connectivity index (χ0v) is 13.9. The van der Waals surface area contributed by atoms with Gasteiger partial charge in [0, 0.05) is 16.8 Å². The highest BCUT2D eigenvalue weighted by Gasteiger charge is 2.15. The molecule has 2 aromatic carbocycles. The van der Waals surface area contributed by atoms with Crippen molar-refractivity contribution in [3.63, 3.8) is 0 Å². The number of carbonyl (C=O) groups is 1. The zero-order valence-electron chi connectivity index (χ0n) is 13.9. The molecule has 0 saturated carbocycles. The van der Waals surface area contributed by atoms with E-state index in [2.05, 4.69) is 16.6 Å². The smallest absolute Gasteiger partial charge is 0.319 e. The number of hydrogen-bond acceptors (Lipinski definition) is 3.